The van der Waals surface area contributed by atoms with Crippen molar-refractivity contribution in [2.24, 2.45) is 5.16 Å². The number of rotatable bonds is 1. The highest BCUT2D eigenvalue weighted by atomic mass is 16.7. The van der Waals surface area contributed by atoms with E-state index in [4.69, 9.17) is 9.25 Å². The first-order valence-corrected chi connectivity index (χ1v) is 6.58. The molecule has 19 heavy (non-hydrogen) atoms. The van der Waals surface area contributed by atoms with Crippen molar-refractivity contribution in [1.82, 2.24) is 5.32 Å². The molecule has 0 bridgehead atoms. The minimum Gasteiger partial charge on any atom is -0.454 e. The molecule has 1 aromatic carbocycles. The average Bonchev–Trinajstić information content (AvgIpc) is 2.96. The Kier molecular flexibility index (Phi) is 2.42. The van der Waals surface area contributed by atoms with Crippen molar-refractivity contribution in [2.45, 2.75) is 19.1 Å². The topological polar surface area (TPSA) is 46.8 Å². The summed E-state index contributed by atoms with van der Waals surface area (Å²) in [5, 5.41) is 8.60. The molecule has 4 heteroatoms. The molecule has 4 rings (SSSR count). The molecule has 0 spiro atoms. The largest absolute Gasteiger partial charge is 0.454 e. The summed E-state index contributed by atoms with van der Waals surface area (Å²) in [7, 11) is 0. The number of nitrogens with one attached hydrogen (secondary N) is 1. The summed E-state index contributed by atoms with van der Waals surface area (Å²) in [6.45, 7) is 0.952. The normalized spacial score (nSPS) is 22.4. The summed E-state index contributed by atoms with van der Waals surface area (Å²) < 4.78 is 5.86. The zero-order chi connectivity index (χ0) is 12.7. The lowest BCUT2D eigenvalue weighted by atomic mass is 10.1. The lowest BCUT2D eigenvalue weighted by molar-refractivity contribution is 0.0808. The highest BCUT2D eigenvalue weighted by Gasteiger charge is 2.31. The van der Waals surface area contributed by atoms with Crippen LogP contribution in [0.4, 0.5) is 0 Å². The number of nitrogens with zero attached hydrogens (tertiary/aromatic N) is 1. The van der Waals surface area contributed by atoms with Gasteiger partial charge in [-0.15, -0.1) is 0 Å². The van der Waals surface area contributed by atoms with Crippen LogP contribution in [0.25, 0.3) is 11.0 Å². The summed E-state index contributed by atoms with van der Waals surface area (Å²) in [4.78, 5) is 5.45. The zero-order valence-electron chi connectivity index (χ0n) is 10.4. The van der Waals surface area contributed by atoms with Crippen molar-refractivity contribution in [1.29, 1.82) is 0 Å². The Morgan fingerprint density at radius 1 is 1.26 bits per heavy atom. The molecule has 0 radical (unpaired) electrons. The van der Waals surface area contributed by atoms with Crippen LogP contribution in [0, 0.1) is 0 Å². The van der Waals surface area contributed by atoms with Gasteiger partial charge in [0.2, 0.25) is 6.23 Å². The SMILES string of the molecule is C1=C2C(c3cc4ccccc4o3)=NO[C@@H]2NCCC1. The van der Waals surface area contributed by atoms with Crippen molar-refractivity contribution in [3.8, 4) is 0 Å². The molecule has 4 nitrogen and oxygen atoms in total. The van der Waals surface area contributed by atoms with Crippen LogP contribution in [0.1, 0.15) is 18.6 Å². The average molecular weight is 254 g/mol. The fourth-order valence-corrected chi connectivity index (χ4v) is 2.57. The molecule has 2 aliphatic rings. The molecule has 1 N–H and O–H groups in total. The van der Waals surface area contributed by atoms with Gasteiger partial charge >= 0.3 is 0 Å². The first-order valence-electron chi connectivity index (χ1n) is 6.58. The fraction of sp³-hybridized carbons (Fsp3) is 0.267. The maximum absolute atomic E-state index is 5.86. The van der Waals surface area contributed by atoms with E-state index in [0.717, 1.165) is 47.4 Å². The zero-order valence-corrected chi connectivity index (χ0v) is 10.4. The number of allylic oxidation sites excluding steroid dienone is 1. The molecule has 3 heterocycles. The van der Waals surface area contributed by atoms with Crippen molar-refractivity contribution < 1.29 is 9.25 Å². The lowest BCUT2D eigenvalue weighted by Crippen LogP contribution is -2.30. The van der Waals surface area contributed by atoms with Crippen molar-refractivity contribution in [3.63, 3.8) is 0 Å². The second-order valence-corrected chi connectivity index (χ2v) is 4.83. The number of fused-ring (bicyclic) bond motifs is 2. The molecule has 1 atom stereocenters. The monoisotopic (exact) mass is 254 g/mol. The number of hydrogen-bond acceptors (Lipinski definition) is 4. The molecule has 0 saturated carbocycles. The van der Waals surface area contributed by atoms with Gasteiger partial charge in [-0.25, -0.2) is 0 Å². The van der Waals surface area contributed by atoms with Gasteiger partial charge in [-0.2, -0.15) is 0 Å². The summed E-state index contributed by atoms with van der Waals surface area (Å²) >= 11 is 0. The van der Waals surface area contributed by atoms with Gasteiger partial charge in [0.25, 0.3) is 0 Å². The van der Waals surface area contributed by atoms with Crippen LogP contribution in [-0.2, 0) is 4.84 Å². The minimum absolute atomic E-state index is 0.120. The molecule has 0 unspecified atom stereocenters. The van der Waals surface area contributed by atoms with Gasteiger partial charge in [0, 0.05) is 11.0 Å². The van der Waals surface area contributed by atoms with E-state index in [-0.39, 0.29) is 6.23 Å². The molecule has 2 aromatic rings. The first-order chi connectivity index (χ1) is 9.42. The van der Waals surface area contributed by atoms with Crippen LogP contribution in [0.5, 0.6) is 0 Å². The Morgan fingerprint density at radius 2 is 2.21 bits per heavy atom. The number of benzene rings is 1. The van der Waals surface area contributed by atoms with E-state index < -0.39 is 0 Å². The van der Waals surface area contributed by atoms with Crippen LogP contribution in [0.3, 0.4) is 0 Å². The van der Waals surface area contributed by atoms with Gasteiger partial charge in [0.05, 0.1) is 0 Å². The third kappa shape index (κ3) is 1.76. The van der Waals surface area contributed by atoms with E-state index in [1.165, 1.54) is 0 Å². The van der Waals surface area contributed by atoms with E-state index in [0.29, 0.717) is 0 Å². The summed E-state index contributed by atoms with van der Waals surface area (Å²) in [5.74, 6) is 0.777. The Balaban J connectivity index is 1.77. The molecule has 0 fully saturated rings. The van der Waals surface area contributed by atoms with Gasteiger partial charge in [-0.1, -0.05) is 29.4 Å². The highest BCUT2D eigenvalue weighted by molar-refractivity contribution is 6.13. The molecule has 1 aromatic heterocycles. The molecule has 0 saturated heterocycles. The molecule has 0 aliphatic carbocycles. The fourth-order valence-electron chi connectivity index (χ4n) is 2.57. The Labute approximate surface area is 110 Å². The minimum atomic E-state index is -0.120. The summed E-state index contributed by atoms with van der Waals surface area (Å²) in [5.41, 5.74) is 2.79. The number of para-hydroxylation sites is 1. The van der Waals surface area contributed by atoms with Gasteiger partial charge in [0.15, 0.2) is 11.5 Å². The van der Waals surface area contributed by atoms with E-state index in [9.17, 15) is 0 Å². The summed E-state index contributed by atoms with van der Waals surface area (Å²) in [6, 6.07) is 10.00. The van der Waals surface area contributed by atoms with Crippen molar-refractivity contribution in [3.05, 3.63) is 47.7 Å². The van der Waals surface area contributed by atoms with E-state index in [2.05, 4.69) is 16.5 Å². The second kappa shape index (κ2) is 4.24. The maximum atomic E-state index is 5.86. The highest BCUT2D eigenvalue weighted by Crippen LogP contribution is 2.27. The Bertz CT molecular complexity index is 651. The summed E-state index contributed by atoms with van der Waals surface area (Å²) in [6.07, 6.45) is 4.24. The third-order valence-electron chi connectivity index (χ3n) is 3.54. The molecule has 96 valence electrons. The quantitative estimate of drug-likeness (QED) is 0.851. The Morgan fingerprint density at radius 3 is 3.16 bits per heavy atom. The van der Waals surface area contributed by atoms with E-state index >= 15 is 0 Å². The molecular weight excluding hydrogens is 240 g/mol. The van der Waals surface area contributed by atoms with Crippen LogP contribution in [0.2, 0.25) is 0 Å². The van der Waals surface area contributed by atoms with Crippen molar-refractivity contribution >= 4 is 16.7 Å². The predicted molar refractivity (Wildman–Crippen MR) is 72.9 cm³/mol. The number of furan rings is 1. The molecular formula is C15H14N2O2. The van der Waals surface area contributed by atoms with Gasteiger partial charge in [-0.05, 0) is 31.5 Å². The lowest BCUT2D eigenvalue weighted by Gasteiger charge is -2.09. The van der Waals surface area contributed by atoms with E-state index in [1.807, 2.05) is 30.3 Å². The standard InChI is InChI=1S/C15H14N2O2/c1-2-7-12-10(5-1)9-13(18-12)14-11-6-3-4-8-16-15(11)19-17-14/h1-2,5-7,9,15-16H,3-4,8H2/t15-/m0/s1. The molecule has 2 aliphatic heterocycles. The predicted octanol–water partition coefficient (Wildman–Crippen LogP) is 2.80. The maximum Gasteiger partial charge on any atom is 0.206 e. The van der Waals surface area contributed by atoms with Crippen LogP contribution in [0.15, 0.2) is 51.6 Å². The second-order valence-electron chi connectivity index (χ2n) is 4.83. The number of hydrogen-bond donors (Lipinski definition) is 1. The first kappa shape index (κ1) is 10.8. The van der Waals surface area contributed by atoms with Crippen LogP contribution < -0.4 is 5.32 Å². The van der Waals surface area contributed by atoms with Gasteiger partial charge in [0.1, 0.15) is 5.58 Å². The van der Waals surface area contributed by atoms with Crippen LogP contribution in [-0.4, -0.2) is 18.5 Å². The third-order valence-corrected chi connectivity index (χ3v) is 3.54. The van der Waals surface area contributed by atoms with E-state index in [1.54, 1.807) is 0 Å². The smallest absolute Gasteiger partial charge is 0.206 e. The van der Waals surface area contributed by atoms with Gasteiger partial charge in [-0.3, -0.25) is 5.32 Å². The Hall–Kier alpha value is -2.07. The van der Waals surface area contributed by atoms with Crippen molar-refractivity contribution in [2.75, 3.05) is 6.54 Å². The van der Waals surface area contributed by atoms with Crippen LogP contribution >= 0.6 is 0 Å². The molecule has 0 amide bonds. The number of oxime groups is 1. The van der Waals surface area contributed by atoms with Gasteiger partial charge < -0.3 is 9.25 Å².